The average molecular weight is 345 g/mol. The molecular weight excluding hydrogens is 322 g/mol. The van der Waals surface area contributed by atoms with E-state index >= 15 is 0 Å². The smallest absolute Gasteiger partial charge is 0.259 e. The van der Waals surface area contributed by atoms with Crippen LogP contribution in [0.5, 0.6) is 0 Å². The number of anilines is 3. The quantitative estimate of drug-likeness (QED) is 0.699. The van der Waals surface area contributed by atoms with E-state index in [9.17, 15) is 4.79 Å². The molecular formula is C22H23N3O. The van der Waals surface area contributed by atoms with Gasteiger partial charge in [-0.1, -0.05) is 30.3 Å². The van der Waals surface area contributed by atoms with Crippen LogP contribution in [0.25, 0.3) is 0 Å². The van der Waals surface area contributed by atoms with E-state index in [-0.39, 0.29) is 5.91 Å². The van der Waals surface area contributed by atoms with E-state index in [0.29, 0.717) is 12.1 Å². The summed E-state index contributed by atoms with van der Waals surface area (Å²) in [7, 11) is 0. The fraction of sp³-hybridized carbons (Fsp3) is 0.182. The van der Waals surface area contributed by atoms with Crippen LogP contribution in [-0.4, -0.2) is 17.4 Å². The highest BCUT2D eigenvalue weighted by Gasteiger charge is 2.16. The van der Waals surface area contributed by atoms with Crippen LogP contribution in [0.3, 0.4) is 0 Å². The Hall–Kier alpha value is -3.14. The van der Waals surface area contributed by atoms with Gasteiger partial charge in [0.15, 0.2) is 0 Å². The first-order valence-electron chi connectivity index (χ1n) is 8.75. The molecule has 0 unspecified atom stereocenters. The molecule has 26 heavy (non-hydrogen) atoms. The second-order valence-electron chi connectivity index (χ2n) is 6.22. The number of carbonyl (C=O) groups excluding carboxylic acids is 1. The van der Waals surface area contributed by atoms with Crippen LogP contribution in [0.15, 0.2) is 67.0 Å². The Kier molecular flexibility index (Phi) is 5.32. The molecule has 4 heteroatoms. The number of rotatable bonds is 5. The number of para-hydroxylation sites is 1. The maximum Gasteiger partial charge on any atom is 0.259 e. The standard InChI is InChI=1S/C22H23N3O/c1-4-25(20-10-6-5-7-11-20)22(26)18-13-19(15-23-14-18)24-21-12-8-9-16(2)17(21)3/h5-15,24H,4H2,1-3H3. The van der Waals surface area contributed by atoms with Crippen molar-refractivity contribution in [1.82, 2.24) is 4.98 Å². The van der Waals surface area contributed by atoms with Crippen molar-refractivity contribution in [2.75, 3.05) is 16.8 Å². The lowest BCUT2D eigenvalue weighted by atomic mass is 10.1. The maximum absolute atomic E-state index is 13.0. The van der Waals surface area contributed by atoms with Gasteiger partial charge in [-0.25, -0.2) is 0 Å². The Morgan fingerprint density at radius 1 is 1.04 bits per heavy atom. The van der Waals surface area contributed by atoms with Crippen molar-refractivity contribution in [3.8, 4) is 0 Å². The Bertz CT molecular complexity index is 906. The normalized spacial score (nSPS) is 10.4. The summed E-state index contributed by atoms with van der Waals surface area (Å²) < 4.78 is 0. The van der Waals surface area contributed by atoms with Gasteiger partial charge in [-0.15, -0.1) is 0 Å². The zero-order chi connectivity index (χ0) is 18.5. The summed E-state index contributed by atoms with van der Waals surface area (Å²) in [5.41, 5.74) is 5.67. The molecule has 0 radical (unpaired) electrons. The summed E-state index contributed by atoms with van der Waals surface area (Å²) in [6.45, 7) is 6.72. The minimum atomic E-state index is -0.0594. The largest absolute Gasteiger partial charge is 0.354 e. The zero-order valence-electron chi connectivity index (χ0n) is 15.4. The first kappa shape index (κ1) is 17.7. The monoisotopic (exact) mass is 345 g/mol. The summed E-state index contributed by atoms with van der Waals surface area (Å²) in [5, 5.41) is 3.37. The zero-order valence-corrected chi connectivity index (χ0v) is 15.4. The number of carbonyl (C=O) groups is 1. The Labute approximate surface area is 154 Å². The lowest BCUT2D eigenvalue weighted by Gasteiger charge is -2.21. The molecule has 2 aromatic carbocycles. The van der Waals surface area contributed by atoms with Crippen LogP contribution in [0.1, 0.15) is 28.4 Å². The summed E-state index contributed by atoms with van der Waals surface area (Å²) in [5.74, 6) is -0.0594. The fourth-order valence-electron chi connectivity index (χ4n) is 2.87. The van der Waals surface area contributed by atoms with Crippen molar-refractivity contribution < 1.29 is 4.79 Å². The fourth-order valence-corrected chi connectivity index (χ4v) is 2.87. The molecule has 0 saturated carbocycles. The molecule has 0 spiro atoms. The van der Waals surface area contributed by atoms with Crippen LogP contribution in [0.4, 0.5) is 17.1 Å². The van der Waals surface area contributed by atoms with Crippen molar-refractivity contribution in [3.05, 3.63) is 83.7 Å². The molecule has 1 aromatic heterocycles. The van der Waals surface area contributed by atoms with E-state index in [4.69, 9.17) is 0 Å². The molecule has 0 aliphatic rings. The van der Waals surface area contributed by atoms with Crippen molar-refractivity contribution in [1.29, 1.82) is 0 Å². The molecule has 0 aliphatic heterocycles. The van der Waals surface area contributed by atoms with E-state index in [1.807, 2.05) is 55.5 Å². The minimum Gasteiger partial charge on any atom is -0.354 e. The molecule has 0 saturated heterocycles. The molecule has 132 valence electrons. The van der Waals surface area contributed by atoms with Gasteiger partial charge >= 0.3 is 0 Å². The molecule has 3 aromatic rings. The van der Waals surface area contributed by atoms with Crippen molar-refractivity contribution in [2.24, 2.45) is 0 Å². The molecule has 0 aliphatic carbocycles. The van der Waals surface area contributed by atoms with E-state index in [2.05, 4.69) is 30.2 Å². The number of hydrogen-bond donors (Lipinski definition) is 1. The molecule has 1 N–H and O–H groups in total. The Balaban J connectivity index is 1.86. The number of aromatic nitrogens is 1. The molecule has 0 fully saturated rings. The molecule has 1 heterocycles. The summed E-state index contributed by atoms with van der Waals surface area (Å²) in [6, 6.07) is 17.7. The van der Waals surface area contributed by atoms with Crippen molar-refractivity contribution in [2.45, 2.75) is 20.8 Å². The van der Waals surface area contributed by atoms with Gasteiger partial charge in [0, 0.05) is 24.1 Å². The molecule has 4 nitrogen and oxygen atoms in total. The number of hydrogen-bond acceptors (Lipinski definition) is 3. The third kappa shape index (κ3) is 3.75. The summed E-state index contributed by atoms with van der Waals surface area (Å²) >= 11 is 0. The van der Waals surface area contributed by atoms with Crippen molar-refractivity contribution >= 4 is 23.0 Å². The van der Waals surface area contributed by atoms with Crippen LogP contribution in [0, 0.1) is 13.8 Å². The first-order chi connectivity index (χ1) is 12.6. The predicted molar refractivity (Wildman–Crippen MR) is 107 cm³/mol. The SMILES string of the molecule is CCN(C(=O)c1cncc(Nc2cccc(C)c2C)c1)c1ccccc1. The number of amides is 1. The van der Waals surface area contributed by atoms with E-state index in [1.165, 1.54) is 11.1 Å². The highest BCUT2D eigenvalue weighted by atomic mass is 16.2. The van der Waals surface area contributed by atoms with E-state index in [0.717, 1.165) is 17.1 Å². The highest BCUT2D eigenvalue weighted by Crippen LogP contribution is 2.24. The number of nitrogens with one attached hydrogen (secondary N) is 1. The third-order valence-corrected chi connectivity index (χ3v) is 4.50. The first-order valence-corrected chi connectivity index (χ1v) is 8.75. The summed E-state index contributed by atoms with van der Waals surface area (Å²) in [6.07, 6.45) is 3.35. The van der Waals surface area contributed by atoms with Gasteiger partial charge in [0.1, 0.15) is 0 Å². The van der Waals surface area contributed by atoms with Gasteiger partial charge in [-0.05, 0) is 56.2 Å². The number of pyridine rings is 1. The van der Waals surface area contributed by atoms with Crippen LogP contribution in [0.2, 0.25) is 0 Å². The van der Waals surface area contributed by atoms with Crippen molar-refractivity contribution in [3.63, 3.8) is 0 Å². The summed E-state index contributed by atoms with van der Waals surface area (Å²) in [4.78, 5) is 19.0. The van der Waals surface area contributed by atoms with Gasteiger partial charge in [-0.3, -0.25) is 9.78 Å². The van der Waals surface area contributed by atoms with Crippen LogP contribution >= 0.6 is 0 Å². The van der Waals surface area contributed by atoms with E-state index in [1.54, 1.807) is 17.3 Å². The number of aryl methyl sites for hydroxylation is 1. The second-order valence-corrected chi connectivity index (χ2v) is 6.22. The molecule has 0 atom stereocenters. The maximum atomic E-state index is 13.0. The van der Waals surface area contributed by atoms with Crippen LogP contribution < -0.4 is 10.2 Å². The van der Waals surface area contributed by atoms with Gasteiger partial charge in [-0.2, -0.15) is 0 Å². The Morgan fingerprint density at radius 2 is 1.81 bits per heavy atom. The molecule has 0 bridgehead atoms. The lowest BCUT2D eigenvalue weighted by molar-refractivity contribution is 0.0988. The minimum absolute atomic E-state index is 0.0594. The van der Waals surface area contributed by atoms with E-state index < -0.39 is 0 Å². The average Bonchev–Trinajstić information content (AvgIpc) is 2.67. The van der Waals surface area contributed by atoms with Gasteiger partial charge in [0.25, 0.3) is 5.91 Å². The second kappa shape index (κ2) is 7.83. The number of nitrogens with zero attached hydrogens (tertiary/aromatic N) is 2. The third-order valence-electron chi connectivity index (χ3n) is 4.50. The highest BCUT2D eigenvalue weighted by molar-refractivity contribution is 6.06. The van der Waals surface area contributed by atoms with Gasteiger partial charge in [0.2, 0.25) is 0 Å². The number of benzene rings is 2. The molecule has 1 amide bonds. The molecule has 3 rings (SSSR count). The predicted octanol–water partition coefficient (Wildman–Crippen LogP) is 5.11. The Morgan fingerprint density at radius 3 is 2.54 bits per heavy atom. The van der Waals surface area contributed by atoms with Crippen LogP contribution in [-0.2, 0) is 0 Å². The van der Waals surface area contributed by atoms with Gasteiger partial charge < -0.3 is 10.2 Å². The van der Waals surface area contributed by atoms with Gasteiger partial charge in [0.05, 0.1) is 17.4 Å². The lowest BCUT2D eigenvalue weighted by Crippen LogP contribution is -2.30. The topological polar surface area (TPSA) is 45.2 Å².